The van der Waals surface area contributed by atoms with Gasteiger partial charge in [0.1, 0.15) is 11.2 Å². The van der Waals surface area contributed by atoms with Crippen LogP contribution in [-0.4, -0.2) is 0 Å². The Morgan fingerprint density at radius 1 is 0.304 bits per heavy atom. The Labute approximate surface area is 403 Å². The predicted octanol–water partition coefficient (Wildman–Crippen LogP) is 19.6. The first-order chi connectivity index (χ1) is 34.2. The van der Waals surface area contributed by atoms with Gasteiger partial charge in [0.05, 0.1) is 5.69 Å². The molecular formula is C66H41NOS. The van der Waals surface area contributed by atoms with Crippen LogP contribution in [0.5, 0.6) is 0 Å². The predicted molar refractivity (Wildman–Crippen MR) is 296 cm³/mol. The standard InChI is InChI=1S/C66H41NOS/c1-2-15-42(16-3-1)47-25-12-17-44-18-13-26-48(65(44)47)43-31-33-45(34-32-43)67(46-35-36-57-56-23-8-10-29-62(56)68-63(57)41-46)61-40-39-53(51-21-6-7-22-55(51)61)52-37-38-54(50-20-5-4-19-49(50)52)59-27-14-28-60-58-24-9-11-30-64(58)69-66(59)60/h1-41H. The smallest absolute Gasteiger partial charge is 0.137 e. The molecule has 322 valence electrons. The largest absolute Gasteiger partial charge is 0.456 e. The molecule has 0 N–H and O–H groups in total. The van der Waals surface area contributed by atoms with Crippen LogP contribution in [0, 0.1) is 0 Å². The zero-order chi connectivity index (χ0) is 45.4. The van der Waals surface area contributed by atoms with Crippen molar-refractivity contribution in [3.63, 3.8) is 0 Å². The monoisotopic (exact) mass is 895 g/mol. The number of para-hydroxylation sites is 1. The molecule has 14 rings (SSSR count). The van der Waals surface area contributed by atoms with E-state index in [2.05, 4.69) is 248 Å². The van der Waals surface area contributed by atoms with Gasteiger partial charge in [-0.25, -0.2) is 0 Å². The third-order valence-corrected chi connectivity index (χ3v) is 15.3. The summed E-state index contributed by atoms with van der Waals surface area (Å²) in [6, 6.07) is 90.7. The van der Waals surface area contributed by atoms with E-state index in [1.54, 1.807) is 0 Å². The van der Waals surface area contributed by atoms with Crippen molar-refractivity contribution in [1.29, 1.82) is 0 Å². The van der Waals surface area contributed by atoms with Crippen molar-refractivity contribution >= 4 is 103 Å². The molecule has 2 nitrogen and oxygen atoms in total. The van der Waals surface area contributed by atoms with Gasteiger partial charge in [-0.15, -0.1) is 11.3 Å². The number of nitrogens with zero attached hydrogens (tertiary/aromatic N) is 1. The van der Waals surface area contributed by atoms with Crippen molar-refractivity contribution in [2.24, 2.45) is 0 Å². The second-order valence-corrected chi connectivity index (χ2v) is 19.0. The molecule has 3 heteroatoms. The lowest BCUT2D eigenvalue weighted by Crippen LogP contribution is -2.10. The number of anilines is 3. The average molecular weight is 896 g/mol. The summed E-state index contributed by atoms with van der Waals surface area (Å²) < 4.78 is 9.19. The molecule has 0 spiro atoms. The first-order valence-electron chi connectivity index (χ1n) is 23.6. The van der Waals surface area contributed by atoms with E-state index in [-0.39, 0.29) is 0 Å². The van der Waals surface area contributed by atoms with E-state index in [0.717, 1.165) is 44.4 Å². The SMILES string of the molecule is c1ccc(-c2cccc3cccc(-c4ccc(N(c5ccc6c(c5)oc5ccccc56)c5ccc(-c6ccc(-c7cccc8c7sc7ccccc78)c7ccccc67)c6ccccc56)cc4)c23)cc1. The highest BCUT2D eigenvalue weighted by Gasteiger charge is 2.22. The number of benzene rings is 12. The van der Waals surface area contributed by atoms with Crippen molar-refractivity contribution in [2.45, 2.75) is 0 Å². The van der Waals surface area contributed by atoms with Crippen LogP contribution >= 0.6 is 11.3 Å². The van der Waals surface area contributed by atoms with Gasteiger partial charge in [0, 0.05) is 59.3 Å². The van der Waals surface area contributed by atoms with Crippen LogP contribution in [0.3, 0.4) is 0 Å². The van der Waals surface area contributed by atoms with Crippen LogP contribution < -0.4 is 4.90 Å². The third-order valence-electron chi connectivity index (χ3n) is 14.1. The zero-order valence-corrected chi connectivity index (χ0v) is 38.3. The summed E-state index contributed by atoms with van der Waals surface area (Å²) in [6.07, 6.45) is 0. The zero-order valence-electron chi connectivity index (χ0n) is 37.4. The summed E-state index contributed by atoms with van der Waals surface area (Å²) in [5.41, 5.74) is 14.7. The van der Waals surface area contributed by atoms with Crippen LogP contribution in [0.15, 0.2) is 253 Å². The number of rotatable bonds is 7. The van der Waals surface area contributed by atoms with Crippen LogP contribution in [0.25, 0.3) is 119 Å². The molecule has 0 fully saturated rings. The molecule has 0 saturated carbocycles. The van der Waals surface area contributed by atoms with Gasteiger partial charge >= 0.3 is 0 Å². The summed E-state index contributed by atoms with van der Waals surface area (Å²) in [7, 11) is 0. The molecule has 0 aliphatic heterocycles. The van der Waals surface area contributed by atoms with Gasteiger partial charge < -0.3 is 9.32 Å². The maximum atomic E-state index is 6.54. The van der Waals surface area contributed by atoms with Gasteiger partial charge in [-0.2, -0.15) is 0 Å². The first kappa shape index (κ1) is 39.4. The van der Waals surface area contributed by atoms with Crippen molar-refractivity contribution in [1.82, 2.24) is 0 Å². The molecule has 0 amide bonds. The van der Waals surface area contributed by atoms with Crippen LogP contribution in [0.1, 0.15) is 0 Å². The van der Waals surface area contributed by atoms with Gasteiger partial charge in [0.2, 0.25) is 0 Å². The highest BCUT2D eigenvalue weighted by Crippen LogP contribution is 2.48. The lowest BCUT2D eigenvalue weighted by Gasteiger charge is -2.28. The molecule has 0 bridgehead atoms. The van der Waals surface area contributed by atoms with E-state index in [9.17, 15) is 0 Å². The van der Waals surface area contributed by atoms with E-state index in [4.69, 9.17) is 4.42 Å². The minimum atomic E-state index is 0.860. The van der Waals surface area contributed by atoms with Crippen molar-refractivity contribution in [2.75, 3.05) is 4.90 Å². The number of thiophene rings is 1. The van der Waals surface area contributed by atoms with Crippen molar-refractivity contribution in [3.8, 4) is 44.5 Å². The molecule has 12 aromatic carbocycles. The first-order valence-corrected chi connectivity index (χ1v) is 24.4. The summed E-state index contributed by atoms with van der Waals surface area (Å²) in [4.78, 5) is 2.40. The molecule has 14 aromatic rings. The van der Waals surface area contributed by atoms with E-state index in [1.807, 2.05) is 17.4 Å². The molecule has 0 aliphatic rings. The second-order valence-electron chi connectivity index (χ2n) is 17.9. The highest BCUT2D eigenvalue weighted by molar-refractivity contribution is 7.26. The molecular weight excluding hydrogens is 855 g/mol. The van der Waals surface area contributed by atoms with Crippen molar-refractivity contribution < 1.29 is 4.42 Å². The number of hydrogen-bond donors (Lipinski definition) is 0. The maximum Gasteiger partial charge on any atom is 0.137 e. The van der Waals surface area contributed by atoms with Crippen LogP contribution in [-0.2, 0) is 0 Å². The van der Waals surface area contributed by atoms with E-state index in [1.165, 1.54) is 91.6 Å². The number of hydrogen-bond acceptors (Lipinski definition) is 3. The molecule has 69 heavy (non-hydrogen) atoms. The van der Waals surface area contributed by atoms with Crippen LogP contribution in [0.4, 0.5) is 17.1 Å². The normalized spacial score (nSPS) is 11.8. The van der Waals surface area contributed by atoms with Gasteiger partial charge in [-0.1, -0.05) is 200 Å². The molecule has 0 radical (unpaired) electrons. The molecule has 0 unspecified atom stereocenters. The Kier molecular flexibility index (Phi) is 9.11. The summed E-state index contributed by atoms with van der Waals surface area (Å²) in [6.45, 7) is 0. The lowest BCUT2D eigenvalue weighted by atomic mass is 9.89. The van der Waals surface area contributed by atoms with Crippen LogP contribution in [0.2, 0.25) is 0 Å². The second kappa shape index (κ2) is 16.0. The molecule has 0 atom stereocenters. The Balaban J connectivity index is 0.936. The fraction of sp³-hybridized carbons (Fsp3) is 0. The maximum absolute atomic E-state index is 6.54. The van der Waals surface area contributed by atoms with Gasteiger partial charge in [-0.05, 0) is 108 Å². The fourth-order valence-corrected chi connectivity index (χ4v) is 12.2. The van der Waals surface area contributed by atoms with E-state index in [0.29, 0.717) is 0 Å². The molecule has 2 heterocycles. The summed E-state index contributed by atoms with van der Waals surface area (Å²) >= 11 is 1.88. The van der Waals surface area contributed by atoms with Gasteiger partial charge in [0.15, 0.2) is 0 Å². The minimum absolute atomic E-state index is 0.860. The topological polar surface area (TPSA) is 16.4 Å². The summed E-state index contributed by atoms with van der Waals surface area (Å²) in [5.74, 6) is 0. The fourth-order valence-electron chi connectivity index (χ4n) is 11.0. The Morgan fingerprint density at radius 2 is 0.826 bits per heavy atom. The molecule has 2 aromatic heterocycles. The van der Waals surface area contributed by atoms with Gasteiger partial charge in [0.25, 0.3) is 0 Å². The molecule has 0 aliphatic carbocycles. The van der Waals surface area contributed by atoms with Crippen molar-refractivity contribution in [3.05, 3.63) is 249 Å². The quantitative estimate of drug-likeness (QED) is 0.158. The van der Waals surface area contributed by atoms with Gasteiger partial charge in [-0.3, -0.25) is 0 Å². The highest BCUT2D eigenvalue weighted by atomic mass is 32.1. The minimum Gasteiger partial charge on any atom is -0.456 e. The third kappa shape index (κ3) is 6.39. The average Bonchev–Trinajstić information content (AvgIpc) is 3.99. The van der Waals surface area contributed by atoms with E-state index >= 15 is 0 Å². The lowest BCUT2D eigenvalue weighted by molar-refractivity contribution is 0.669. The summed E-state index contributed by atoms with van der Waals surface area (Å²) in [5, 5.41) is 12.2. The Bertz CT molecular complexity index is 4310. The number of furan rings is 1. The Morgan fingerprint density at radius 3 is 1.57 bits per heavy atom. The number of fused-ring (bicyclic) bond motifs is 9. The van der Waals surface area contributed by atoms with E-state index < -0.39 is 0 Å². The molecule has 0 saturated heterocycles. The Hall–Kier alpha value is -8.76.